The van der Waals surface area contributed by atoms with E-state index in [9.17, 15) is 4.39 Å². The number of hydrogen-bond donors (Lipinski definition) is 1. The molecule has 0 bridgehead atoms. The third-order valence-electron chi connectivity index (χ3n) is 2.76. The minimum Gasteiger partial charge on any atom is -0.497 e. The molecule has 0 aliphatic heterocycles. The van der Waals surface area contributed by atoms with Crippen molar-refractivity contribution in [1.29, 1.82) is 0 Å². The molecule has 2 aromatic rings. The summed E-state index contributed by atoms with van der Waals surface area (Å²) in [6.45, 7) is 0.0755. The molecular weight excluding hydrogens is 261 g/mol. The standard InChI is InChI=1S/C15H14FNO3/c1-19-13-7-6-11(9-17-18)15(8-13)20-10-12-4-2-3-5-14(12)16/h2-9,18H,10H2,1H3/b17-9+. The summed E-state index contributed by atoms with van der Waals surface area (Å²) in [6.07, 6.45) is 1.25. The van der Waals surface area contributed by atoms with Gasteiger partial charge in [-0.25, -0.2) is 4.39 Å². The lowest BCUT2D eigenvalue weighted by Gasteiger charge is -2.11. The molecule has 4 nitrogen and oxygen atoms in total. The molecule has 0 unspecified atom stereocenters. The molecule has 2 aromatic carbocycles. The summed E-state index contributed by atoms with van der Waals surface area (Å²) < 4.78 is 24.2. The van der Waals surface area contributed by atoms with E-state index in [1.807, 2.05) is 0 Å². The van der Waals surface area contributed by atoms with Crippen molar-refractivity contribution in [3.05, 3.63) is 59.4 Å². The number of halogens is 1. The molecule has 0 heterocycles. The van der Waals surface area contributed by atoms with Gasteiger partial charge in [0.2, 0.25) is 0 Å². The first-order valence-corrected chi connectivity index (χ1v) is 5.96. The van der Waals surface area contributed by atoms with Crippen LogP contribution in [0.5, 0.6) is 11.5 Å². The van der Waals surface area contributed by atoms with Crippen LogP contribution in [0, 0.1) is 5.82 Å². The van der Waals surface area contributed by atoms with E-state index in [0.717, 1.165) is 0 Å². The Labute approximate surface area is 116 Å². The highest BCUT2D eigenvalue weighted by molar-refractivity contribution is 5.83. The van der Waals surface area contributed by atoms with Crippen molar-refractivity contribution in [3.8, 4) is 11.5 Å². The highest BCUT2D eigenvalue weighted by atomic mass is 19.1. The van der Waals surface area contributed by atoms with Gasteiger partial charge < -0.3 is 14.7 Å². The number of rotatable bonds is 5. The molecule has 2 rings (SSSR count). The van der Waals surface area contributed by atoms with Crippen molar-refractivity contribution in [2.24, 2.45) is 5.16 Å². The largest absolute Gasteiger partial charge is 0.497 e. The first kappa shape index (κ1) is 13.9. The van der Waals surface area contributed by atoms with Gasteiger partial charge in [0, 0.05) is 17.2 Å². The van der Waals surface area contributed by atoms with Crippen LogP contribution < -0.4 is 9.47 Å². The average molecular weight is 275 g/mol. The van der Waals surface area contributed by atoms with Gasteiger partial charge in [-0.05, 0) is 18.2 Å². The van der Waals surface area contributed by atoms with Crippen molar-refractivity contribution in [3.63, 3.8) is 0 Å². The molecule has 0 saturated heterocycles. The average Bonchev–Trinajstić information content (AvgIpc) is 2.48. The molecule has 0 aliphatic carbocycles. The predicted octanol–water partition coefficient (Wildman–Crippen LogP) is 3.22. The first-order valence-electron chi connectivity index (χ1n) is 5.96. The van der Waals surface area contributed by atoms with Crippen LogP contribution in [0.25, 0.3) is 0 Å². The van der Waals surface area contributed by atoms with E-state index < -0.39 is 0 Å². The fourth-order valence-electron chi connectivity index (χ4n) is 1.71. The molecular formula is C15H14FNO3. The molecule has 0 aliphatic rings. The zero-order valence-corrected chi connectivity index (χ0v) is 10.9. The zero-order valence-electron chi connectivity index (χ0n) is 10.9. The number of nitrogens with zero attached hydrogens (tertiary/aromatic N) is 1. The van der Waals surface area contributed by atoms with E-state index in [1.54, 1.807) is 36.4 Å². The van der Waals surface area contributed by atoms with Crippen molar-refractivity contribution < 1.29 is 19.1 Å². The van der Waals surface area contributed by atoms with Gasteiger partial charge in [0.05, 0.1) is 13.3 Å². The third kappa shape index (κ3) is 3.26. The Hall–Kier alpha value is -2.56. The predicted molar refractivity (Wildman–Crippen MR) is 73.1 cm³/mol. The van der Waals surface area contributed by atoms with Gasteiger partial charge in [0.25, 0.3) is 0 Å². The SMILES string of the molecule is COc1ccc(/C=N/O)c(OCc2ccccc2F)c1. The highest BCUT2D eigenvalue weighted by Gasteiger charge is 2.07. The maximum Gasteiger partial charge on any atom is 0.132 e. The summed E-state index contributed by atoms with van der Waals surface area (Å²) in [5, 5.41) is 11.6. The first-order chi connectivity index (χ1) is 9.74. The number of ether oxygens (including phenoxy) is 2. The fraction of sp³-hybridized carbons (Fsp3) is 0.133. The van der Waals surface area contributed by atoms with E-state index >= 15 is 0 Å². The van der Waals surface area contributed by atoms with Crippen molar-refractivity contribution in [1.82, 2.24) is 0 Å². The monoisotopic (exact) mass is 275 g/mol. The van der Waals surface area contributed by atoms with Crippen LogP contribution in [0.2, 0.25) is 0 Å². The maximum atomic E-state index is 13.5. The van der Waals surface area contributed by atoms with Gasteiger partial charge in [-0.1, -0.05) is 23.4 Å². The second kappa shape index (κ2) is 6.56. The number of benzene rings is 2. The third-order valence-corrected chi connectivity index (χ3v) is 2.76. The molecule has 0 aromatic heterocycles. The Kier molecular flexibility index (Phi) is 4.55. The quantitative estimate of drug-likeness (QED) is 0.518. The lowest BCUT2D eigenvalue weighted by molar-refractivity contribution is 0.296. The molecule has 20 heavy (non-hydrogen) atoms. The van der Waals surface area contributed by atoms with Crippen LogP contribution in [0.15, 0.2) is 47.6 Å². The topological polar surface area (TPSA) is 51.0 Å². The minimum atomic E-state index is -0.326. The normalized spacial score (nSPS) is 10.7. The van der Waals surface area contributed by atoms with Gasteiger partial charge in [-0.3, -0.25) is 0 Å². The van der Waals surface area contributed by atoms with Crippen molar-refractivity contribution in [2.45, 2.75) is 6.61 Å². The Morgan fingerprint density at radius 2 is 2.05 bits per heavy atom. The van der Waals surface area contributed by atoms with Crippen LogP contribution in [0.3, 0.4) is 0 Å². The number of methoxy groups -OCH3 is 1. The van der Waals surface area contributed by atoms with E-state index in [1.165, 1.54) is 19.4 Å². The highest BCUT2D eigenvalue weighted by Crippen LogP contribution is 2.24. The van der Waals surface area contributed by atoms with E-state index in [-0.39, 0.29) is 12.4 Å². The van der Waals surface area contributed by atoms with Crippen LogP contribution in [-0.2, 0) is 6.61 Å². The smallest absolute Gasteiger partial charge is 0.132 e. The molecule has 0 spiro atoms. The summed E-state index contributed by atoms with van der Waals surface area (Å²) in [5.41, 5.74) is 1.02. The lowest BCUT2D eigenvalue weighted by Crippen LogP contribution is -2.01. The Bertz CT molecular complexity index is 614. The van der Waals surface area contributed by atoms with Gasteiger partial charge in [-0.2, -0.15) is 0 Å². The van der Waals surface area contributed by atoms with Crippen molar-refractivity contribution in [2.75, 3.05) is 7.11 Å². The fourth-order valence-corrected chi connectivity index (χ4v) is 1.71. The van der Waals surface area contributed by atoms with Gasteiger partial charge in [-0.15, -0.1) is 0 Å². The molecule has 104 valence electrons. The summed E-state index contributed by atoms with van der Waals surface area (Å²) in [7, 11) is 1.54. The lowest BCUT2D eigenvalue weighted by atomic mass is 10.2. The van der Waals surface area contributed by atoms with E-state index in [4.69, 9.17) is 14.7 Å². The van der Waals surface area contributed by atoms with Gasteiger partial charge in [0.1, 0.15) is 23.9 Å². The molecule has 0 fully saturated rings. The zero-order chi connectivity index (χ0) is 14.4. The number of oxime groups is 1. The molecule has 1 N–H and O–H groups in total. The summed E-state index contributed by atoms with van der Waals surface area (Å²) >= 11 is 0. The van der Waals surface area contributed by atoms with Crippen LogP contribution in [0.1, 0.15) is 11.1 Å². The second-order valence-corrected chi connectivity index (χ2v) is 4.03. The van der Waals surface area contributed by atoms with Crippen LogP contribution in [0.4, 0.5) is 4.39 Å². The van der Waals surface area contributed by atoms with Crippen LogP contribution >= 0.6 is 0 Å². The van der Waals surface area contributed by atoms with Gasteiger partial charge in [0.15, 0.2) is 0 Å². The summed E-state index contributed by atoms with van der Waals surface area (Å²) in [4.78, 5) is 0. The molecule has 0 amide bonds. The Morgan fingerprint density at radius 1 is 1.25 bits per heavy atom. The van der Waals surface area contributed by atoms with E-state index in [0.29, 0.717) is 22.6 Å². The minimum absolute atomic E-state index is 0.0755. The Morgan fingerprint density at radius 3 is 2.75 bits per heavy atom. The van der Waals surface area contributed by atoms with E-state index in [2.05, 4.69) is 5.16 Å². The Balaban J connectivity index is 2.21. The second-order valence-electron chi connectivity index (χ2n) is 4.03. The molecule has 0 saturated carbocycles. The molecule has 5 heteroatoms. The summed E-state index contributed by atoms with van der Waals surface area (Å²) in [5.74, 6) is 0.724. The number of hydrogen-bond acceptors (Lipinski definition) is 4. The van der Waals surface area contributed by atoms with Gasteiger partial charge >= 0.3 is 0 Å². The summed E-state index contributed by atoms with van der Waals surface area (Å²) in [6, 6.07) is 11.4. The maximum absolute atomic E-state index is 13.5. The van der Waals surface area contributed by atoms with Crippen LogP contribution in [-0.4, -0.2) is 18.5 Å². The van der Waals surface area contributed by atoms with Crippen molar-refractivity contribution >= 4 is 6.21 Å². The molecule has 0 atom stereocenters. The molecule has 0 radical (unpaired) electrons.